The fourth-order valence-corrected chi connectivity index (χ4v) is 4.65. The Labute approximate surface area is 209 Å². The van der Waals surface area contributed by atoms with E-state index in [9.17, 15) is 18.3 Å². The van der Waals surface area contributed by atoms with Crippen LogP contribution in [0.3, 0.4) is 0 Å². The molecule has 0 aliphatic heterocycles. The molecule has 0 spiro atoms. The van der Waals surface area contributed by atoms with Gasteiger partial charge in [0.1, 0.15) is 5.75 Å². The molecule has 7 nitrogen and oxygen atoms in total. The molecule has 3 aromatic carbocycles. The molecule has 0 aromatic heterocycles. The number of carboxylic acid groups (broad SMARTS) is 1. The van der Waals surface area contributed by atoms with E-state index in [0.29, 0.717) is 24.5 Å². The summed E-state index contributed by atoms with van der Waals surface area (Å²) in [7, 11) is -3.77. The summed E-state index contributed by atoms with van der Waals surface area (Å²) < 4.78 is 30.9. The van der Waals surface area contributed by atoms with Crippen LogP contribution in [0.15, 0.2) is 82.6 Å². The van der Waals surface area contributed by atoms with Gasteiger partial charge in [0.25, 0.3) is 0 Å². The summed E-state index contributed by atoms with van der Waals surface area (Å²) in [6, 6.07) is 19.4. The first-order valence-electron chi connectivity index (χ1n) is 10.2. The average molecular weight is 526 g/mol. The van der Waals surface area contributed by atoms with Crippen molar-refractivity contribution in [2.24, 2.45) is 0 Å². The Bertz CT molecular complexity index is 1200. The molecule has 1 atom stereocenters. The van der Waals surface area contributed by atoms with Crippen molar-refractivity contribution in [3.63, 3.8) is 0 Å². The van der Waals surface area contributed by atoms with Gasteiger partial charge in [-0.15, -0.1) is 12.4 Å². The molecule has 34 heavy (non-hydrogen) atoms. The minimum absolute atomic E-state index is 0. The Balaban J connectivity index is 0.00000408. The van der Waals surface area contributed by atoms with Crippen molar-refractivity contribution >= 4 is 39.8 Å². The summed E-state index contributed by atoms with van der Waals surface area (Å²) in [5.74, 6) is -0.978. The number of ether oxygens (including phenoxy) is 1. The second-order valence-electron chi connectivity index (χ2n) is 7.33. The molecule has 0 fully saturated rings. The summed E-state index contributed by atoms with van der Waals surface area (Å²) in [6.07, 6.45) is -0.0207. The Morgan fingerprint density at radius 2 is 1.71 bits per heavy atom. The molecule has 0 unspecified atom stereocenters. The van der Waals surface area contributed by atoms with Crippen molar-refractivity contribution in [2.75, 3.05) is 19.7 Å². The third-order valence-electron chi connectivity index (χ3n) is 4.87. The zero-order chi connectivity index (χ0) is 23.8. The largest absolute Gasteiger partial charge is 0.482 e. The summed E-state index contributed by atoms with van der Waals surface area (Å²) >= 11 is 5.95. The maximum absolute atomic E-state index is 12.9. The molecule has 3 rings (SSSR count). The molecule has 0 aliphatic carbocycles. The zero-order valence-electron chi connectivity index (χ0n) is 18.1. The van der Waals surface area contributed by atoms with E-state index in [-0.39, 0.29) is 27.9 Å². The summed E-state index contributed by atoms with van der Waals surface area (Å²) in [6.45, 7) is 0.419. The monoisotopic (exact) mass is 525 g/mol. The van der Waals surface area contributed by atoms with Gasteiger partial charge >= 0.3 is 5.97 Å². The van der Waals surface area contributed by atoms with Gasteiger partial charge in [0.2, 0.25) is 9.84 Å². The summed E-state index contributed by atoms with van der Waals surface area (Å²) in [5.41, 5.74) is 1.68. The number of carbonyl (C=O) groups is 1. The smallest absolute Gasteiger partial charge is 0.341 e. The van der Waals surface area contributed by atoms with Gasteiger partial charge < -0.3 is 20.3 Å². The highest BCUT2D eigenvalue weighted by atomic mass is 35.5. The van der Waals surface area contributed by atoms with Crippen LogP contribution in [-0.4, -0.2) is 44.3 Å². The lowest BCUT2D eigenvalue weighted by Gasteiger charge is -2.13. The van der Waals surface area contributed by atoms with Gasteiger partial charge in [-0.05, 0) is 66.6 Å². The number of sulfone groups is 1. The SMILES string of the molecule is Cl.O=C(O)COc1cccc(S(=O)(=O)c2ccc(CCNC[C@H](O)c3cccc(Cl)c3)cc2)c1. The quantitative estimate of drug-likeness (QED) is 0.325. The zero-order valence-corrected chi connectivity index (χ0v) is 20.4. The lowest BCUT2D eigenvalue weighted by atomic mass is 10.1. The molecular weight excluding hydrogens is 501 g/mol. The number of halogens is 2. The number of aliphatic hydroxyl groups excluding tert-OH is 1. The number of aliphatic hydroxyl groups is 1. The number of aliphatic carboxylic acids is 1. The maximum Gasteiger partial charge on any atom is 0.341 e. The van der Waals surface area contributed by atoms with E-state index >= 15 is 0 Å². The van der Waals surface area contributed by atoms with Crippen molar-refractivity contribution in [2.45, 2.75) is 22.3 Å². The van der Waals surface area contributed by atoms with Gasteiger partial charge in [-0.25, -0.2) is 13.2 Å². The van der Waals surface area contributed by atoms with Crippen LogP contribution in [0.4, 0.5) is 0 Å². The van der Waals surface area contributed by atoms with Crippen LogP contribution < -0.4 is 10.1 Å². The number of carboxylic acids is 1. The molecule has 0 saturated carbocycles. The van der Waals surface area contributed by atoms with Crippen molar-refractivity contribution in [3.8, 4) is 5.75 Å². The highest BCUT2D eigenvalue weighted by Crippen LogP contribution is 2.25. The third-order valence-corrected chi connectivity index (χ3v) is 6.88. The number of rotatable bonds is 11. The molecule has 182 valence electrons. The molecular formula is C24H25Cl2NO6S. The number of nitrogens with one attached hydrogen (secondary N) is 1. The predicted octanol–water partition coefficient (Wildman–Crippen LogP) is 3.92. The first-order valence-corrected chi connectivity index (χ1v) is 12.0. The predicted molar refractivity (Wildman–Crippen MR) is 132 cm³/mol. The van der Waals surface area contributed by atoms with E-state index in [1.807, 2.05) is 6.07 Å². The average Bonchev–Trinajstić information content (AvgIpc) is 2.81. The molecule has 3 aromatic rings. The maximum atomic E-state index is 12.9. The van der Waals surface area contributed by atoms with Crippen LogP contribution in [0.2, 0.25) is 5.02 Å². The third kappa shape index (κ3) is 7.72. The fraction of sp³-hybridized carbons (Fsp3) is 0.208. The number of hydrogen-bond acceptors (Lipinski definition) is 6. The molecule has 10 heteroatoms. The van der Waals surface area contributed by atoms with Gasteiger partial charge in [-0.1, -0.05) is 41.9 Å². The highest BCUT2D eigenvalue weighted by molar-refractivity contribution is 7.91. The number of hydrogen-bond donors (Lipinski definition) is 3. The van der Waals surface area contributed by atoms with Gasteiger partial charge in [0.15, 0.2) is 6.61 Å². The molecule has 0 saturated heterocycles. The minimum atomic E-state index is -3.77. The second-order valence-corrected chi connectivity index (χ2v) is 9.72. The molecule has 0 heterocycles. The van der Waals surface area contributed by atoms with E-state index in [4.69, 9.17) is 21.4 Å². The van der Waals surface area contributed by atoms with Crippen LogP contribution in [0.5, 0.6) is 5.75 Å². The van der Waals surface area contributed by atoms with Gasteiger partial charge in [0.05, 0.1) is 15.9 Å². The minimum Gasteiger partial charge on any atom is -0.482 e. The van der Waals surface area contributed by atoms with Crippen molar-refractivity contribution < 1.29 is 28.2 Å². The molecule has 0 amide bonds. The topological polar surface area (TPSA) is 113 Å². The van der Waals surface area contributed by atoms with E-state index in [1.165, 1.54) is 36.4 Å². The first-order chi connectivity index (χ1) is 15.8. The van der Waals surface area contributed by atoms with Crippen molar-refractivity contribution in [1.29, 1.82) is 0 Å². The fourth-order valence-electron chi connectivity index (χ4n) is 3.15. The second kappa shape index (κ2) is 12.7. The number of benzene rings is 3. The molecule has 0 aliphatic rings. The van der Waals surface area contributed by atoms with E-state index in [2.05, 4.69) is 5.32 Å². The van der Waals surface area contributed by atoms with Gasteiger partial charge in [0, 0.05) is 11.6 Å². The standard InChI is InChI=1S/C24H24ClNO6S.ClH/c25-19-4-1-3-18(13-19)23(27)15-26-12-11-17-7-9-21(10-8-17)33(30,31)22-6-2-5-20(14-22)32-16-24(28)29;/h1-10,13-14,23,26-27H,11-12,15-16H2,(H,28,29);1H/t23-;/m0./s1. The lowest BCUT2D eigenvalue weighted by molar-refractivity contribution is -0.139. The normalized spacial score (nSPS) is 11.9. The summed E-state index contributed by atoms with van der Waals surface area (Å²) in [4.78, 5) is 10.8. The molecule has 3 N–H and O–H groups in total. The lowest BCUT2D eigenvalue weighted by Crippen LogP contribution is -2.23. The Morgan fingerprint density at radius 1 is 1.00 bits per heavy atom. The van der Waals surface area contributed by atoms with Gasteiger partial charge in [-0.2, -0.15) is 0 Å². The summed E-state index contributed by atoms with van der Waals surface area (Å²) in [5, 5.41) is 22.7. The van der Waals surface area contributed by atoms with Gasteiger partial charge in [-0.3, -0.25) is 0 Å². The van der Waals surface area contributed by atoms with Crippen LogP contribution >= 0.6 is 24.0 Å². The van der Waals surface area contributed by atoms with Crippen LogP contribution in [0.25, 0.3) is 0 Å². The Hall–Kier alpha value is -2.62. The van der Waals surface area contributed by atoms with Crippen LogP contribution in [0.1, 0.15) is 17.2 Å². The van der Waals surface area contributed by atoms with Crippen molar-refractivity contribution in [1.82, 2.24) is 5.32 Å². The van der Waals surface area contributed by atoms with Crippen LogP contribution in [-0.2, 0) is 21.1 Å². The molecule has 0 radical (unpaired) electrons. The van der Waals surface area contributed by atoms with Crippen LogP contribution in [0, 0.1) is 0 Å². The first kappa shape index (κ1) is 27.6. The Kier molecular flexibility index (Phi) is 10.3. The van der Waals surface area contributed by atoms with E-state index < -0.39 is 28.5 Å². The van der Waals surface area contributed by atoms with E-state index in [0.717, 1.165) is 11.1 Å². The molecule has 0 bridgehead atoms. The van der Waals surface area contributed by atoms with E-state index in [1.54, 1.807) is 30.3 Å². The van der Waals surface area contributed by atoms with Crippen molar-refractivity contribution in [3.05, 3.63) is 88.9 Å². The Morgan fingerprint density at radius 3 is 2.38 bits per heavy atom. The highest BCUT2D eigenvalue weighted by Gasteiger charge is 2.18.